The Morgan fingerprint density at radius 3 is 2.72 bits per heavy atom. The van der Waals surface area contributed by atoms with Crippen molar-refractivity contribution in [2.75, 3.05) is 13.2 Å². The first-order valence-electron chi connectivity index (χ1n) is 9.17. The number of aromatic nitrogens is 2. The zero-order valence-corrected chi connectivity index (χ0v) is 15.3. The van der Waals surface area contributed by atoms with Crippen molar-refractivity contribution in [1.82, 2.24) is 15.1 Å². The van der Waals surface area contributed by atoms with Gasteiger partial charge in [-0.2, -0.15) is 5.10 Å². The molecule has 1 aromatic heterocycles. The summed E-state index contributed by atoms with van der Waals surface area (Å²) >= 11 is 0. The second kappa shape index (κ2) is 7.02. The summed E-state index contributed by atoms with van der Waals surface area (Å²) in [6, 6.07) is 0. The van der Waals surface area contributed by atoms with E-state index >= 15 is 0 Å². The van der Waals surface area contributed by atoms with Crippen LogP contribution in [-0.4, -0.2) is 40.1 Å². The van der Waals surface area contributed by atoms with E-state index in [0.29, 0.717) is 24.4 Å². The molecule has 0 radical (unpaired) electrons. The third kappa shape index (κ3) is 3.48. The molecule has 6 heteroatoms. The van der Waals surface area contributed by atoms with Crippen LogP contribution in [0.1, 0.15) is 64.1 Å². The summed E-state index contributed by atoms with van der Waals surface area (Å²) in [5.74, 6) is -0.251. The predicted octanol–water partition coefficient (Wildman–Crippen LogP) is 3.01. The molecule has 0 bridgehead atoms. The molecule has 0 aromatic carbocycles. The Kier molecular flexibility index (Phi) is 4.97. The average Bonchev–Trinajstić information content (AvgIpc) is 3.05. The lowest BCUT2D eigenvalue weighted by Gasteiger charge is -2.32. The monoisotopic (exact) mass is 345 g/mol. The van der Waals surface area contributed by atoms with E-state index in [1.54, 1.807) is 24.2 Å². The van der Waals surface area contributed by atoms with Crippen molar-refractivity contribution < 1.29 is 14.3 Å². The molecule has 1 aliphatic carbocycles. The summed E-state index contributed by atoms with van der Waals surface area (Å²) in [6.45, 7) is 6.74. The maximum atomic E-state index is 13.1. The highest BCUT2D eigenvalue weighted by Crippen LogP contribution is 2.36. The standard InChI is InChI=1S/C19H27N3O3/c1-4-25-18(24)14-11-22(17(23)13-8-6-5-7-9-13)12-19(2,3)15-10-20-21-16(14)15/h10-11,13H,4-9,12H2,1-3H3,(H,20,21). The quantitative estimate of drug-likeness (QED) is 0.855. The molecule has 0 saturated heterocycles. The Morgan fingerprint density at radius 1 is 1.32 bits per heavy atom. The maximum absolute atomic E-state index is 13.1. The Hall–Kier alpha value is -2.11. The van der Waals surface area contributed by atoms with Gasteiger partial charge in [-0.15, -0.1) is 0 Å². The van der Waals surface area contributed by atoms with Crippen molar-refractivity contribution in [1.29, 1.82) is 0 Å². The van der Waals surface area contributed by atoms with E-state index in [4.69, 9.17) is 4.74 Å². The van der Waals surface area contributed by atoms with Crippen molar-refractivity contribution >= 4 is 17.4 Å². The minimum atomic E-state index is -0.424. The number of amides is 1. The fourth-order valence-electron chi connectivity index (χ4n) is 3.87. The molecule has 1 fully saturated rings. The number of H-pyrrole nitrogens is 1. The highest BCUT2D eigenvalue weighted by Gasteiger charge is 2.37. The van der Waals surface area contributed by atoms with Gasteiger partial charge in [0.2, 0.25) is 5.91 Å². The summed E-state index contributed by atoms with van der Waals surface area (Å²) in [4.78, 5) is 27.3. The van der Waals surface area contributed by atoms with Crippen molar-refractivity contribution in [3.63, 3.8) is 0 Å². The molecule has 0 unspecified atom stereocenters. The number of fused-ring (bicyclic) bond motifs is 1. The number of esters is 1. The van der Waals surface area contributed by atoms with Crippen LogP contribution in [0.5, 0.6) is 0 Å². The van der Waals surface area contributed by atoms with Gasteiger partial charge in [0.05, 0.1) is 18.5 Å². The molecule has 1 amide bonds. The number of aromatic amines is 1. The molecule has 1 aliphatic heterocycles. The number of carbonyl (C=O) groups excluding carboxylic acids is 2. The van der Waals surface area contributed by atoms with E-state index in [1.165, 1.54) is 6.42 Å². The highest BCUT2D eigenvalue weighted by molar-refractivity contribution is 6.16. The Balaban J connectivity index is 1.98. The number of ether oxygens (including phenoxy) is 1. The zero-order chi connectivity index (χ0) is 18.0. The average molecular weight is 345 g/mol. The van der Waals surface area contributed by atoms with E-state index < -0.39 is 5.97 Å². The van der Waals surface area contributed by atoms with Crippen LogP contribution >= 0.6 is 0 Å². The van der Waals surface area contributed by atoms with Gasteiger partial charge in [0.1, 0.15) is 5.57 Å². The van der Waals surface area contributed by atoms with Crippen molar-refractivity contribution in [3.8, 4) is 0 Å². The molecule has 2 aliphatic rings. The fraction of sp³-hybridized carbons (Fsp3) is 0.632. The minimum absolute atomic E-state index is 0.0545. The van der Waals surface area contributed by atoms with Crippen molar-refractivity contribution in [2.45, 2.75) is 58.3 Å². The van der Waals surface area contributed by atoms with Crippen LogP contribution in [0.25, 0.3) is 5.57 Å². The van der Waals surface area contributed by atoms with E-state index in [-0.39, 0.29) is 17.2 Å². The molecule has 2 heterocycles. The van der Waals surface area contributed by atoms with Crippen LogP contribution in [0.3, 0.4) is 0 Å². The highest BCUT2D eigenvalue weighted by atomic mass is 16.5. The van der Waals surface area contributed by atoms with Gasteiger partial charge in [0, 0.05) is 29.6 Å². The van der Waals surface area contributed by atoms with Gasteiger partial charge in [-0.05, 0) is 19.8 Å². The van der Waals surface area contributed by atoms with Crippen LogP contribution in [-0.2, 0) is 19.7 Å². The molecule has 0 atom stereocenters. The van der Waals surface area contributed by atoms with Gasteiger partial charge < -0.3 is 9.64 Å². The molecule has 1 aromatic rings. The first-order valence-corrected chi connectivity index (χ1v) is 9.17. The number of carbonyl (C=O) groups is 2. The molecule has 0 spiro atoms. The first kappa shape index (κ1) is 17.7. The number of nitrogens with zero attached hydrogens (tertiary/aromatic N) is 2. The summed E-state index contributed by atoms with van der Waals surface area (Å²) in [5.41, 5.74) is 1.66. The normalized spacial score (nSPS) is 20.4. The van der Waals surface area contributed by atoms with Gasteiger partial charge >= 0.3 is 5.97 Å². The van der Waals surface area contributed by atoms with E-state index in [1.807, 2.05) is 0 Å². The van der Waals surface area contributed by atoms with Gasteiger partial charge in [-0.3, -0.25) is 9.89 Å². The topological polar surface area (TPSA) is 75.3 Å². The van der Waals surface area contributed by atoms with Gasteiger partial charge in [-0.1, -0.05) is 33.1 Å². The summed E-state index contributed by atoms with van der Waals surface area (Å²) in [5, 5.41) is 7.04. The largest absolute Gasteiger partial charge is 0.462 e. The van der Waals surface area contributed by atoms with E-state index in [0.717, 1.165) is 31.2 Å². The summed E-state index contributed by atoms with van der Waals surface area (Å²) in [6.07, 6.45) is 8.69. The summed E-state index contributed by atoms with van der Waals surface area (Å²) in [7, 11) is 0. The number of hydrogen-bond donors (Lipinski definition) is 1. The van der Waals surface area contributed by atoms with E-state index in [2.05, 4.69) is 24.0 Å². The smallest absolute Gasteiger partial charge is 0.341 e. The number of nitrogens with one attached hydrogen (secondary N) is 1. The Bertz CT molecular complexity index is 684. The second-order valence-electron chi connectivity index (χ2n) is 7.61. The maximum Gasteiger partial charge on any atom is 0.341 e. The molecule has 136 valence electrons. The van der Waals surface area contributed by atoms with Gasteiger partial charge in [0.25, 0.3) is 0 Å². The number of rotatable bonds is 3. The van der Waals surface area contributed by atoms with E-state index in [9.17, 15) is 9.59 Å². The Labute approximate surface area is 148 Å². The molecule has 1 N–H and O–H groups in total. The third-order valence-corrected chi connectivity index (χ3v) is 5.22. The van der Waals surface area contributed by atoms with Crippen LogP contribution < -0.4 is 0 Å². The van der Waals surface area contributed by atoms with Crippen LogP contribution in [0.4, 0.5) is 0 Å². The van der Waals surface area contributed by atoms with Crippen molar-refractivity contribution in [3.05, 3.63) is 23.7 Å². The zero-order valence-electron chi connectivity index (χ0n) is 15.3. The minimum Gasteiger partial charge on any atom is -0.462 e. The van der Waals surface area contributed by atoms with Crippen LogP contribution in [0, 0.1) is 5.92 Å². The molecule has 3 rings (SSSR count). The lowest BCUT2D eigenvalue weighted by atomic mass is 9.83. The van der Waals surface area contributed by atoms with Gasteiger partial charge in [0.15, 0.2) is 0 Å². The SMILES string of the molecule is CCOC(=O)C1=CN(C(=O)C2CCCCC2)CC(C)(C)c2cn[nH]c21. The fourth-order valence-corrected chi connectivity index (χ4v) is 3.87. The van der Waals surface area contributed by atoms with Gasteiger partial charge in [-0.25, -0.2) is 4.79 Å². The lowest BCUT2D eigenvalue weighted by Crippen LogP contribution is -2.40. The molecule has 1 saturated carbocycles. The van der Waals surface area contributed by atoms with Crippen LogP contribution in [0.2, 0.25) is 0 Å². The lowest BCUT2D eigenvalue weighted by molar-refractivity contribution is -0.136. The van der Waals surface area contributed by atoms with Crippen molar-refractivity contribution in [2.24, 2.45) is 5.92 Å². The molecular weight excluding hydrogens is 318 g/mol. The molecular formula is C19H27N3O3. The summed E-state index contributed by atoms with van der Waals surface area (Å²) < 4.78 is 5.21. The third-order valence-electron chi connectivity index (χ3n) is 5.22. The molecule has 6 nitrogen and oxygen atoms in total. The Morgan fingerprint density at radius 2 is 2.04 bits per heavy atom. The number of hydrogen-bond acceptors (Lipinski definition) is 4. The predicted molar refractivity (Wildman–Crippen MR) is 94.5 cm³/mol. The first-order chi connectivity index (χ1) is 11.9. The van der Waals surface area contributed by atoms with Crippen LogP contribution in [0.15, 0.2) is 12.4 Å². The second-order valence-corrected chi connectivity index (χ2v) is 7.61. The molecule has 25 heavy (non-hydrogen) atoms.